The molecule has 0 amide bonds. The molecule has 3 heteroatoms. The van der Waals surface area contributed by atoms with Gasteiger partial charge in [0.2, 0.25) is 0 Å². The summed E-state index contributed by atoms with van der Waals surface area (Å²) >= 11 is 3.30. The summed E-state index contributed by atoms with van der Waals surface area (Å²) < 4.78 is 4.20. The summed E-state index contributed by atoms with van der Waals surface area (Å²) in [6, 6.07) is 0.402. The predicted octanol–water partition coefficient (Wildman–Crippen LogP) is 1.83. The SMILES string of the molecule is C[CH2][SnH]([CH2]S)[CH2]CCC(C)N. The third-order valence-corrected chi connectivity index (χ3v) is 13.8. The van der Waals surface area contributed by atoms with Gasteiger partial charge in [-0.15, -0.1) is 0 Å². The van der Waals surface area contributed by atoms with E-state index in [2.05, 4.69) is 26.5 Å². The van der Waals surface area contributed by atoms with Gasteiger partial charge in [-0.25, -0.2) is 0 Å². The van der Waals surface area contributed by atoms with Crippen molar-refractivity contribution in [3.63, 3.8) is 0 Å². The van der Waals surface area contributed by atoms with Gasteiger partial charge >= 0.3 is 83.5 Å². The molecule has 0 aromatic carbocycles. The van der Waals surface area contributed by atoms with E-state index < -0.39 is 19.8 Å². The minimum absolute atomic E-state index is 0.402. The summed E-state index contributed by atoms with van der Waals surface area (Å²) in [6.07, 6.45) is 2.56. The third-order valence-electron chi connectivity index (χ3n) is 2.11. The topological polar surface area (TPSA) is 26.0 Å². The van der Waals surface area contributed by atoms with E-state index in [-0.39, 0.29) is 0 Å². The van der Waals surface area contributed by atoms with Crippen LogP contribution in [0.15, 0.2) is 0 Å². The molecule has 0 rings (SSSR count). The molecule has 0 fully saturated rings. The Morgan fingerprint density at radius 1 is 1.55 bits per heavy atom. The average Bonchev–Trinajstić information content (AvgIpc) is 1.98. The second-order valence-electron chi connectivity index (χ2n) is 3.37. The van der Waals surface area contributed by atoms with Gasteiger partial charge in [0.05, 0.1) is 0 Å². The van der Waals surface area contributed by atoms with Crippen molar-refractivity contribution in [2.45, 2.75) is 41.6 Å². The van der Waals surface area contributed by atoms with E-state index in [1.807, 2.05) is 0 Å². The molecule has 11 heavy (non-hydrogen) atoms. The first-order valence-electron chi connectivity index (χ1n) is 4.57. The van der Waals surface area contributed by atoms with E-state index in [0.717, 1.165) is 0 Å². The second-order valence-corrected chi connectivity index (χ2v) is 15.8. The van der Waals surface area contributed by atoms with E-state index in [1.165, 1.54) is 25.5 Å². The molecule has 2 N–H and O–H groups in total. The van der Waals surface area contributed by atoms with Crippen LogP contribution in [0.3, 0.4) is 0 Å². The van der Waals surface area contributed by atoms with Crippen LogP contribution < -0.4 is 5.73 Å². The van der Waals surface area contributed by atoms with E-state index in [0.29, 0.717) is 6.04 Å². The monoisotopic (exact) mass is 283 g/mol. The standard InChI is InChI=1S/C5H12N.C2H5.CH3S.Sn.H/c1-3-4-5(2)6;2*1-2;;/h5H,1,3-4,6H2,2H3;1H2,2H3;2H,1H2;;. The van der Waals surface area contributed by atoms with Crippen LogP contribution >= 0.6 is 12.6 Å². The molecule has 0 heterocycles. The molecule has 2 atom stereocenters. The van der Waals surface area contributed by atoms with Crippen LogP contribution in [0.2, 0.25) is 8.87 Å². The predicted molar refractivity (Wildman–Crippen MR) is 59.2 cm³/mol. The molecule has 0 aliphatic heterocycles. The van der Waals surface area contributed by atoms with Crippen molar-refractivity contribution in [3.8, 4) is 0 Å². The number of hydrogen-bond acceptors (Lipinski definition) is 2. The second kappa shape index (κ2) is 7.74. The normalized spacial score (nSPS) is 16.4. The van der Waals surface area contributed by atoms with Crippen molar-refractivity contribution >= 4 is 32.4 Å². The molecule has 0 saturated carbocycles. The number of thiol groups is 1. The summed E-state index contributed by atoms with van der Waals surface area (Å²) in [4.78, 5) is 0. The Morgan fingerprint density at radius 3 is 2.55 bits per heavy atom. The molecular weight excluding hydrogens is 261 g/mol. The van der Waals surface area contributed by atoms with Gasteiger partial charge in [-0.05, 0) is 0 Å². The Balaban J connectivity index is 3.21. The van der Waals surface area contributed by atoms with Crippen LogP contribution in [0.1, 0.15) is 26.7 Å². The van der Waals surface area contributed by atoms with E-state index in [4.69, 9.17) is 5.73 Å². The van der Waals surface area contributed by atoms with Crippen molar-refractivity contribution in [1.82, 2.24) is 0 Å². The molecule has 1 nitrogen and oxygen atoms in total. The summed E-state index contributed by atoms with van der Waals surface area (Å²) in [6.45, 7) is 4.42. The van der Waals surface area contributed by atoms with Crippen LogP contribution in [-0.2, 0) is 0 Å². The molecule has 0 aromatic heterocycles. The first-order chi connectivity index (χ1) is 5.20. The van der Waals surface area contributed by atoms with Gasteiger partial charge in [0.15, 0.2) is 0 Å². The van der Waals surface area contributed by atoms with Crippen molar-refractivity contribution in [2.75, 3.05) is 3.77 Å². The van der Waals surface area contributed by atoms with Crippen molar-refractivity contribution in [2.24, 2.45) is 5.73 Å². The molecule has 0 radical (unpaired) electrons. The zero-order chi connectivity index (χ0) is 8.69. The number of hydrogen-bond donors (Lipinski definition) is 2. The zero-order valence-corrected chi connectivity index (χ0v) is 11.9. The first kappa shape index (κ1) is 12.1. The summed E-state index contributed by atoms with van der Waals surface area (Å²) in [5, 5.41) is 0. The molecule has 0 aromatic rings. The van der Waals surface area contributed by atoms with Gasteiger partial charge in [-0.3, -0.25) is 0 Å². The molecule has 0 spiro atoms. The maximum absolute atomic E-state index is 5.67. The van der Waals surface area contributed by atoms with E-state index in [1.54, 1.807) is 0 Å². The number of rotatable bonds is 6. The Kier molecular flexibility index (Phi) is 8.52. The van der Waals surface area contributed by atoms with Gasteiger partial charge in [0.1, 0.15) is 0 Å². The van der Waals surface area contributed by atoms with Crippen LogP contribution in [0, 0.1) is 0 Å². The minimum atomic E-state index is -1.08. The summed E-state index contributed by atoms with van der Waals surface area (Å²) in [5.74, 6) is 0. The quantitative estimate of drug-likeness (QED) is 0.564. The van der Waals surface area contributed by atoms with Gasteiger partial charge in [0.25, 0.3) is 0 Å². The van der Waals surface area contributed by atoms with E-state index >= 15 is 0 Å². The number of nitrogens with two attached hydrogens (primary N) is 1. The average molecular weight is 282 g/mol. The fourth-order valence-electron chi connectivity index (χ4n) is 1.15. The molecule has 0 saturated heterocycles. The first-order valence-corrected chi connectivity index (χ1v) is 12.2. The molecule has 68 valence electrons. The Labute approximate surface area is 83.3 Å². The van der Waals surface area contributed by atoms with Gasteiger partial charge < -0.3 is 0 Å². The zero-order valence-electron chi connectivity index (χ0n) is 7.71. The fourth-order valence-corrected chi connectivity index (χ4v) is 8.85. The van der Waals surface area contributed by atoms with E-state index in [9.17, 15) is 0 Å². The van der Waals surface area contributed by atoms with Gasteiger partial charge in [0, 0.05) is 0 Å². The van der Waals surface area contributed by atoms with Gasteiger partial charge in [-0.1, -0.05) is 0 Å². The van der Waals surface area contributed by atoms with Crippen molar-refractivity contribution in [3.05, 3.63) is 0 Å². The maximum atomic E-state index is 5.67. The third kappa shape index (κ3) is 7.47. The Bertz CT molecular complexity index is 84.2. The molecule has 2 unspecified atom stereocenters. The van der Waals surface area contributed by atoms with Crippen molar-refractivity contribution in [1.29, 1.82) is 0 Å². The fraction of sp³-hybridized carbons (Fsp3) is 1.00. The Morgan fingerprint density at radius 2 is 2.18 bits per heavy atom. The summed E-state index contributed by atoms with van der Waals surface area (Å²) in [5.41, 5.74) is 5.67. The molecule has 0 aliphatic carbocycles. The molecule has 0 bridgehead atoms. The Hall–Kier alpha value is 1.11. The van der Waals surface area contributed by atoms with Crippen LogP contribution in [0.25, 0.3) is 0 Å². The van der Waals surface area contributed by atoms with Crippen LogP contribution in [-0.4, -0.2) is 29.6 Å². The molecule has 0 aliphatic rings. The molecular formula is C8H21NSSn. The van der Waals surface area contributed by atoms with Crippen LogP contribution in [0.4, 0.5) is 0 Å². The van der Waals surface area contributed by atoms with Gasteiger partial charge in [-0.2, -0.15) is 0 Å². The van der Waals surface area contributed by atoms with Crippen LogP contribution in [0.5, 0.6) is 0 Å². The summed E-state index contributed by atoms with van der Waals surface area (Å²) in [7, 11) is 0. The van der Waals surface area contributed by atoms with Crippen molar-refractivity contribution < 1.29 is 0 Å².